The second-order valence-corrected chi connectivity index (χ2v) is 9.97. The Morgan fingerprint density at radius 2 is 1.97 bits per heavy atom. The molecule has 0 radical (unpaired) electrons. The number of anilines is 2. The summed E-state index contributed by atoms with van der Waals surface area (Å²) < 4.78 is 13.8. The van der Waals surface area contributed by atoms with Crippen molar-refractivity contribution in [2.75, 3.05) is 5.32 Å². The summed E-state index contributed by atoms with van der Waals surface area (Å²) in [6, 6.07) is 3.62. The molecule has 5 rings (SSSR count). The highest BCUT2D eigenvalue weighted by Gasteiger charge is 2.43. The molecule has 3 atom stereocenters. The molecule has 2 bridgehead atoms. The summed E-state index contributed by atoms with van der Waals surface area (Å²) in [5.41, 5.74) is 2.44. The molecule has 0 aromatic carbocycles. The summed E-state index contributed by atoms with van der Waals surface area (Å²) in [6.45, 7) is 3.98. The largest absolute Gasteiger partial charge is 0.332 e. The van der Waals surface area contributed by atoms with Crippen molar-refractivity contribution in [1.29, 1.82) is 0 Å². The van der Waals surface area contributed by atoms with Gasteiger partial charge in [-0.1, -0.05) is 0 Å². The van der Waals surface area contributed by atoms with Gasteiger partial charge in [0, 0.05) is 23.7 Å². The summed E-state index contributed by atoms with van der Waals surface area (Å²) in [5, 5.41) is 6.98. The Kier molecular flexibility index (Phi) is 5.02. The molecule has 3 aromatic heterocycles. The Bertz CT molecular complexity index is 1070. The van der Waals surface area contributed by atoms with Crippen molar-refractivity contribution in [3.05, 3.63) is 40.0 Å². The second kappa shape index (κ2) is 7.70. The van der Waals surface area contributed by atoms with Gasteiger partial charge in [-0.3, -0.25) is 4.79 Å². The van der Waals surface area contributed by atoms with Crippen LogP contribution in [0.5, 0.6) is 0 Å². The topological polar surface area (TPSA) is 71.0 Å². The first kappa shape index (κ1) is 19.6. The molecule has 0 saturated carbocycles. The maximum Gasteiger partial charge on any atom is 0.255 e. The molecular formula is C21H22FN5OS2. The van der Waals surface area contributed by atoms with E-state index in [9.17, 15) is 9.18 Å². The molecule has 3 aromatic rings. The average molecular weight is 444 g/mol. The van der Waals surface area contributed by atoms with Crippen molar-refractivity contribution in [3.63, 3.8) is 0 Å². The number of carbonyl (C=O) groups excluding carboxylic acids is 1. The van der Waals surface area contributed by atoms with Crippen LogP contribution in [0.25, 0.3) is 10.6 Å². The Morgan fingerprint density at radius 3 is 2.60 bits per heavy atom. The van der Waals surface area contributed by atoms with Gasteiger partial charge < -0.3 is 10.2 Å². The van der Waals surface area contributed by atoms with Crippen molar-refractivity contribution in [2.24, 2.45) is 0 Å². The number of nitrogens with one attached hydrogen (secondary N) is 1. The van der Waals surface area contributed by atoms with E-state index in [-0.39, 0.29) is 18.0 Å². The zero-order valence-corrected chi connectivity index (χ0v) is 18.4. The van der Waals surface area contributed by atoms with Gasteiger partial charge >= 0.3 is 0 Å². The number of rotatable bonds is 4. The summed E-state index contributed by atoms with van der Waals surface area (Å²) in [7, 11) is 0. The van der Waals surface area contributed by atoms with Crippen molar-refractivity contribution >= 4 is 39.5 Å². The highest BCUT2D eigenvalue weighted by molar-refractivity contribution is 7.16. The molecular weight excluding hydrogens is 421 g/mol. The predicted octanol–water partition coefficient (Wildman–Crippen LogP) is 5.13. The van der Waals surface area contributed by atoms with Crippen LogP contribution in [0.4, 0.5) is 15.3 Å². The van der Waals surface area contributed by atoms with Gasteiger partial charge in [0.05, 0.1) is 26.8 Å². The van der Waals surface area contributed by atoms with Crippen LogP contribution in [0.1, 0.15) is 46.7 Å². The molecule has 2 aliphatic rings. The van der Waals surface area contributed by atoms with Gasteiger partial charge in [-0.15, -0.1) is 22.7 Å². The number of alkyl halides is 1. The Labute approximate surface area is 182 Å². The lowest BCUT2D eigenvalue weighted by Gasteiger charge is -2.36. The number of pyridine rings is 1. The van der Waals surface area contributed by atoms with E-state index in [4.69, 9.17) is 0 Å². The van der Waals surface area contributed by atoms with Gasteiger partial charge in [0.25, 0.3) is 5.91 Å². The number of aromatic nitrogens is 3. The number of thiazole rings is 2. The quantitative estimate of drug-likeness (QED) is 0.605. The van der Waals surface area contributed by atoms with Gasteiger partial charge in [0.1, 0.15) is 12.0 Å². The first-order valence-corrected chi connectivity index (χ1v) is 11.8. The van der Waals surface area contributed by atoms with Crippen molar-refractivity contribution in [3.8, 4) is 10.6 Å². The first-order valence-electron chi connectivity index (χ1n) is 10.1. The van der Waals surface area contributed by atoms with Crippen LogP contribution >= 0.6 is 22.7 Å². The van der Waals surface area contributed by atoms with Gasteiger partial charge in [0.2, 0.25) is 0 Å². The number of hydrogen-bond acceptors (Lipinski definition) is 7. The minimum absolute atomic E-state index is 0.0247. The fourth-order valence-electron chi connectivity index (χ4n) is 4.50. The van der Waals surface area contributed by atoms with Crippen LogP contribution in [0.2, 0.25) is 0 Å². The van der Waals surface area contributed by atoms with Crippen LogP contribution in [-0.4, -0.2) is 44.0 Å². The predicted molar refractivity (Wildman–Crippen MR) is 117 cm³/mol. The van der Waals surface area contributed by atoms with Crippen LogP contribution in [0.3, 0.4) is 0 Å². The second-order valence-electron chi connectivity index (χ2n) is 7.91. The molecule has 2 saturated heterocycles. The van der Waals surface area contributed by atoms with E-state index in [1.54, 1.807) is 29.7 Å². The van der Waals surface area contributed by atoms with Crippen LogP contribution in [-0.2, 0) is 0 Å². The molecule has 1 N–H and O–H groups in total. The highest BCUT2D eigenvalue weighted by atomic mass is 32.1. The smallest absolute Gasteiger partial charge is 0.255 e. The zero-order chi connectivity index (χ0) is 20.8. The number of amides is 1. The third-order valence-corrected chi connectivity index (χ3v) is 7.65. The van der Waals surface area contributed by atoms with E-state index in [0.29, 0.717) is 24.2 Å². The molecule has 1 amide bonds. The fraction of sp³-hybridized carbons (Fsp3) is 0.429. The third-order valence-electron chi connectivity index (χ3n) is 5.80. The van der Waals surface area contributed by atoms with E-state index in [0.717, 1.165) is 39.2 Å². The summed E-state index contributed by atoms with van der Waals surface area (Å²) in [6.07, 6.45) is 3.53. The van der Waals surface area contributed by atoms with E-state index in [1.807, 2.05) is 24.1 Å². The number of piperidine rings is 1. The third kappa shape index (κ3) is 3.60. The maximum atomic E-state index is 13.8. The van der Waals surface area contributed by atoms with Crippen LogP contribution in [0, 0.1) is 13.8 Å². The number of aryl methyl sites for hydroxylation is 2. The van der Waals surface area contributed by atoms with Crippen molar-refractivity contribution in [1.82, 2.24) is 19.9 Å². The van der Waals surface area contributed by atoms with E-state index in [1.165, 1.54) is 11.3 Å². The average Bonchev–Trinajstić information content (AvgIpc) is 3.38. The molecule has 156 valence electrons. The number of hydrogen-bond donors (Lipinski definition) is 1. The molecule has 0 aliphatic carbocycles. The van der Waals surface area contributed by atoms with Crippen molar-refractivity contribution < 1.29 is 9.18 Å². The lowest BCUT2D eigenvalue weighted by atomic mass is 10.00. The molecule has 0 spiro atoms. The number of halogens is 1. The first-order chi connectivity index (χ1) is 14.5. The van der Waals surface area contributed by atoms with E-state index < -0.39 is 6.17 Å². The van der Waals surface area contributed by atoms with E-state index >= 15 is 0 Å². The monoisotopic (exact) mass is 443 g/mol. The van der Waals surface area contributed by atoms with Crippen LogP contribution in [0.15, 0.2) is 23.7 Å². The zero-order valence-electron chi connectivity index (χ0n) is 16.8. The SMILES string of the molecule is Cc1nc(C)c(-c2csc(Nc3ccc(C(=O)N4[C@@H]5CC[C@H]4C[C@H](F)C5)cn3)n2)s1. The molecule has 2 aliphatic heterocycles. The molecule has 9 heteroatoms. The summed E-state index contributed by atoms with van der Waals surface area (Å²) in [4.78, 5) is 29.4. The van der Waals surface area contributed by atoms with Gasteiger partial charge in [0.15, 0.2) is 5.13 Å². The van der Waals surface area contributed by atoms with Gasteiger partial charge in [-0.25, -0.2) is 19.3 Å². The fourth-order valence-corrected chi connectivity index (χ4v) is 6.16. The lowest BCUT2D eigenvalue weighted by molar-refractivity contribution is 0.0478. The number of nitrogens with zero attached hydrogens (tertiary/aromatic N) is 4. The molecule has 5 heterocycles. The minimum Gasteiger partial charge on any atom is -0.332 e. The molecule has 2 fully saturated rings. The number of carbonyl (C=O) groups is 1. The molecule has 30 heavy (non-hydrogen) atoms. The Balaban J connectivity index is 1.28. The van der Waals surface area contributed by atoms with Crippen LogP contribution < -0.4 is 5.32 Å². The molecule has 6 nitrogen and oxygen atoms in total. The van der Waals surface area contributed by atoms with E-state index in [2.05, 4.69) is 20.3 Å². The Morgan fingerprint density at radius 1 is 1.20 bits per heavy atom. The summed E-state index contributed by atoms with van der Waals surface area (Å²) >= 11 is 3.14. The normalized spacial score (nSPS) is 23.0. The van der Waals surface area contributed by atoms with Gasteiger partial charge in [-0.05, 0) is 51.7 Å². The lowest BCUT2D eigenvalue weighted by Crippen LogP contribution is -2.47. The summed E-state index contributed by atoms with van der Waals surface area (Å²) in [5.74, 6) is 0.594. The van der Waals surface area contributed by atoms with Crippen molar-refractivity contribution in [2.45, 2.75) is 57.8 Å². The Hall–Kier alpha value is -2.39. The maximum absolute atomic E-state index is 13.8. The highest BCUT2D eigenvalue weighted by Crippen LogP contribution is 2.38. The standard InChI is InChI=1S/C21H22FN5OS2/c1-11-19(30-12(2)24-11)17-10-29-21(25-17)26-18-6-3-13(9-23-18)20(28)27-15-4-5-16(27)8-14(22)7-15/h3,6,9-10,14-16H,4-5,7-8H2,1-2H3,(H,23,25,26)/t14-,15-,16+. The minimum atomic E-state index is -0.780. The molecule has 0 unspecified atom stereocenters. The van der Waals surface area contributed by atoms with Gasteiger partial charge in [-0.2, -0.15) is 0 Å². The number of fused-ring (bicyclic) bond motifs is 2.